The fourth-order valence-electron chi connectivity index (χ4n) is 3.76. The molecule has 0 radical (unpaired) electrons. The molecule has 2 saturated heterocycles. The number of nitrogens with one attached hydrogen (secondary N) is 1. The van der Waals surface area contributed by atoms with Gasteiger partial charge in [-0.1, -0.05) is 24.3 Å². The number of benzene rings is 2. The number of carbonyl (C=O) groups is 1. The van der Waals surface area contributed by atoms with Crippen LogP contribution in [0.5, 0.6) is 5.75 Å². The maximum Gasteiger partial charge on any atom is 0.411 e. The Kier molecular flexibility index (Phi) is 7.40. The van der Waals surface area contributed by atoms with Crippen molar-refractivity contribution in [2.75, 3.05) is 38.7 Å². The quantitative estimate of drug-likeness (QED) is 0.692. The van der Waals surface area contributed by atoms with Crippen molar-refractivity contribution in [3.05, 3.63) is 59.7 Å². The molecule has 2 aliphatic heterocycles. The van der Waals surface area contributed by atoms with Crippen molar-refractivity contribution in [2.45, 2.75) is 38.2 Å². The van der Waals surface area contributed by atoms with Crippen molar-refractivity contribution < 1.29 is 23.7 Å². The molecule has 0 atom stereocenters. The monoisotopic (exact) mass is 426 g/mol. The van der Waals surface area contributed by atoms with Crippen LogP contribution in [-0.2, 0) is 27.4 Å². The number of anilines is 1. The van der Waals surface area contributed by atoms with Crippen LogP contribution in [0.25, 0.3) is 0 Å². The molecule has 0 aromatic heterocycles. The number of ether oxygens (including phenoxy) is 4. The van der Waals surface area contributed by atoms with Gasteiger partial charge in [0.2, 0.25) is 0 Å². The van der Waals surface area contributed by atoms with Crippen molar-refractivity contribution in [1.29, 1.82) is 0 Å². The van der Waals surface area contributed by atoms with Gasteiger partial charge in [0.1, 0.15) is 12.4 Å². The Morgan fingerprint density at radius 2 is 1.65 bits per heavy atom. The first kappa shape index (κ1) is 21.6. The highest BCUT2D eigenvalue weighted by Crippen LogP contribution is 2.21. The molecule has 166 valence electrons. The van der Waals surface area contributed by atoms with Crippen LogP contribution in [0.4, 0.5) is 10.5 Å². The topological polar surface area (TPSA) is 69.3 Å². The number of hydrogen-bond donors (Lipinski definition) is 1. The van der Waals surface area contributed by atoms with Crippen molar-refractivity contribution in [2.24, 2.45) is 0 Å². The molecule has 0 saturated carbocycles. The zero-order valence-electron chi connectivity index (χ0n) is 17.9. The van der Waals surface area contributed by atoms with E-state index in [4.69, 9.17) is 18.9 Å². The summed E-state index contributed by atoms with van der Waals surface area (Å²) in [6.07, 6.45) is 1.96. The number of rotatable bonds is 8. The van der Waals surface area contributed by atoms with Gasteiger partial charge in [-0.2, -0.15) is 0 Å². The number of nitrogens with zero attached hydrogens (tertiary/aromatic N) is 1. The molecule has 1 N–H and O–H groups in total. The fourth-order valence-corrected chi connectivity index (χ4v) is 3.76. The van der Waals surface area contributed by atoms with Gasteiger partial charge in [0.25, 0.3) is 0 Å². The van der Waals surface area contributed by atoms with E-state index in [2.05, 4.69) is 10.2 Å². The van der Waals surface area contributed by atoms with Gasteiger partial charge >= 0.3 is 6.09 Å². The number of amides is 1. The van der Waals surface area contributed by atoms with Crippen LogP contribution < -0.4 is 10.1 Å². The van der Waals surface area contributed by atoms with Gasteiger partial charge < -0.3 is 18.9 Å². The summed E-state index contributed by atoms with van der Waals surface area (Å²) in [7, 11) is 1.62. The highest BCUT2D eigenvalue weighted by Gasteiger charge is 2.29. The summed E-state index contributed by atoms with van der Waals surface area (Å²) < 4.78 is 21.8. The minimum atomic E-state index is -0.483. The number of methoxy groups -OCH3 is 1. The molecule has 7 heteroatoms. The molecule has 0 unspecified atom stereocenters. The molecule has 2 aromatic rings. The summed E-state index contributed by atoms with van der Waals surface area (Å²) in [6, 6.07) is 15.7. The maximum atomic E-state index is 12.0. The highest BCUT2D eigenvalue weighted by molar-refractivity contribution is 5.84. The Morgan fingerprint density at radius 3 is 2.26 bits per heavy atom. The molecule has 0 spiro atoms. The van der Waals surface area contributed by atoms with Gasteiger partial charge in [-0.15, -0.1) is 0 Å². The Hall–Kier alpha value is -2.61. The van der Waals surface area contributed by atoms with Crippen molar-refractivity contribution in [3.63, 3.8) is 0 Å². The van der Waals surface area contributed by atoms with E-state index in [9.17, 15) is 4.79 Å². The standard InChI is InChI=1S/C24H30N2O5/c1-28-22-8-4-19(5-9-22)15-31-24(27)25-20-6-2-18(3-7-20)14-30-23-10-12-26(13-11-23)21-16-29-17-21/h2-9,21,23H,10-17H2,1H3,(H,25,27). The third-order valence-corrected chi connectivity index (χ3v) is 5.83. The molecular formula is C24H30N2O5. The highest BCUT2D eigenvalue weighted by atomic mass is 16.5. The molecule has 2 aromatic carbocycles. The fraction of sp³-hybridized carbons (Fsp3) is 0.458. The second-order valence-corrected chi connectivity index (χ2v) is 7.98. The predicted octanol–water partition coefficient (Wildman–Crippen LogP) is 3.82. The first-order valence-electron chi connectivity index (χ1n) is 10.8. The lowest BCUT2D eigenvalue weighted by molar-refractivity contribution is -0.0883. The molecule has 7 nitrogen and oxygen atoms in total. The Balaban J connectivity index is 1.15. The first-order valence-corrected chi connectivity index (χ1v) is 10.8. The van der Waals surface area contributed by atoms with Crippen LogP contribution in [0.15, 0.2) is 48.5 Å². The number of hydrogen-bond acceptors (Lipinski definition) is 6. The average Bonchev–Trinajstić information content (AvgIpc) is 2.77. The SMILES string of the molecule is COc1ccc(COC(=O)Nc2ccc(COC3CCN(C4COC4)CC3)cc2)cc1. The van der Waals surface area contributed by atoms with Gasteiger partial charge in [-0.05, 0) is 48.2 Å². The molecule has 0 bridgehead atoms. The van der Waals surface area contributed by atoms with Crippen LogP contribution in [0.2, 0.25) is 0 Å². The van der Waals surface area contributed by atoms with E-state index < -0.39 is 6.09 Å². The van der Waals surface area contributed by atoms with Gasteiger partial charge in [-0.25, -0.2) is 4.79 Å². The summed E-state index contributed by atoms with van der Waals surface area (Å²) in [5.74, 6) is 0.770. The summed E-state index contributed by atoms with van der Waals surface area (Å²) in [4.78, 5) is 14.5. The van der Waals surface area contributed by atoms with Crippen molar-refractivity contribution in [3.8, 4) is 5.75 Å². The lowest BCUT2D eigenvalue weighted by atomic mass is 10.0. The minimum Gasteiger partial charge on any atom is -0.497 e. The van der Waals surface area contributed by atoms with Gasteiger partial charge in [0, 0.05) is 18.8 Å². The van der Waals surface area contributed by atoms with Crippen LogP contribution in [0.1, 0.15) is 24.0 Å². The Morgan fingerprint density at radius 1 is 1.00 bits per heavy atom. The van der Waals surface area contributed by atoms with E-state index >= 15 is 0 Å². The van der Waals surface area contributed by atoms with Gasteiger partial charge in [-0.3, -0.25) is 10.2 Å². The molecular weight excluding hydrogens is 396 g/mol. The molecule has 0 aliphatic carbocycles. The molecule has 4 rings (SSSR count). The molecule has 2 fully saturated rings. The smallest absolute Gasteiger partial charge is 0.411 e. The number of piperidine rings is 1. The summed E-state index contributed by atoms with van der Waals surface area (Å²) >= 11 is 0. The van der Waals surface area contributed by atoms with E-state index in [-0.39, 0.29) is 6.61 Å². The van der Waals surface area contributed by atoms with Crippen LogP contribution in [-0.4, -0.2) is 56.6 Å². The van der Waals surface area contributed by atoms with E-state index in [1.807, 2.05) is 48.5 Å². The lowest BCUT2D eigenvalue weighted by Crippen LogP contribution is -2.52. The zero-order chi connectivity index (χ0) is 21.5. The molecule has 1 amide bonds. The van der Waals surface area contributed by atoms with Gasteiger partial charge in [0.15, 0.2) is 0 Å². The molecule has 2 aliphatic rings. The Labute approximate surface area is 183 Å². The second-order valence-electron chi connectivity index (χ2n) is 7.98. The van der Waals surface area contributed by atoms with Crippen molar-refractivity contribution >= 4 is 11.8 Å². The lowest BCUT2D eigenvalue weighted by Gasteiger charge is -2.41. The normalized spacial score (nSPS) is 17.7. The predicted molar refractivity (Wildman–Crippen MR) is 117 cm³/mol. The van der Waals surface area contributed by atoms with E-state index in [1.165, 1.54) is 0 Å². The van der Waals surface area contributed by atoms with Crippen LogP contribution >= 0.6 is 0 Å². The number of carbonyl (C=O) groups excluding carboxylic acids is 1. The number of likely N-dealkylation sites (tertiary alicyclic amines) is 1. The first-order chi connectivity index (χ1) is 15.2. The molecule has 31 heavy (non-hydrogen) atoms. The maximum absolute atomic E-state index is 12.0. The summed E-state index contributed by atoms with van der Waals surface area (Å²) in [5, 5.41) is 2.75. The second kappa shape index (κ2) is 10.6. The average molecular weight is 427 g/mol. The van der Waals surface area contributed by atoms with E-state index in [0.717, 1.165) is 56.0 Å². The summed E-state index contributed by atoms with van der Waals surface area (Å²) in [6.45, 7) is 4.70. The van der Waals surface area contributed by atoms with Crippen LogP contribution in [0.3, 0.4) is 0 Å². The zero-order valence-corrected chi connectivity index (χ0v) is 17.9. The third-order valence-electron chi connectivity index (χ3n) is 5.83. The third kappa shape index (κ3) is 6.19. The van der Waals surface area contributed by atoms with E-state index in [1.54, 1.807) is 7.11 Å². The Bertz CT molecular complexity index is 828. The molecule has 2 heterocycles. The van der Waals surface area contributed by atoms with Gasteiger partial charge in [0.05, 0.1) is 39.1 Å². The minimum absolute atomic E-state index is 0.203. The van der Waals surface area contributed by atoms with E-state index in [0.29, 0.717) is 24.4 Å². The summed E-state index contributed by atoms with van der Waals surface area (Å²) in [5.41, 5.74) is 2.68. The van der Waals surface area contributed by atoms with Crippen LogP contribution in [0, 0.1) is 0 Å². The van der Waals surface area contributed by atoms with Crippen molar-refractivity contribution in [1.82, 2.24) is 4.90 Å². The largest absolute Gasteiger partial charge is 0.497 e.